The van der Waals surface area contributed by atoms with Gasteiger partial charge in [0.05, 0.1) is 11.2 Å². The molecule has 0 unspecified atom stereocenters. The highest BCUT2D eigenvalue weighted by Gasteiger charge is 2.41. The monoisotopic (exact) mass is 432 g/mol. The van der Waals surface area contributed by atoms with Crippen molar-refractivity contribution in [2.45, 2.75) is 32.5 Å². The summed E-state index contributed by atoms with van der Waals surface area (Å²) in [7, 11) is 0. The molecule has 0 aliphatic carbocycles. The molecule has 2 N–H and O–H groups in total. The van der Waals surface area contributed by atoms with E-state index in [4.69, 9.17) is 0 Å². The van der Waals surface area contributed by atoms with Gasteiger partial charge in [0.15, 0.2) is 5.82 Å². The molecule has 1 aliphatic heterocycles. The van der Waals surface area contributed by atoms with Crippen LogP contribution in [0, 0.1) is 11.6 Å². The average molecular weight is 432 g/mol. The molecule has 3 aromatic carbocycles. The van der Waals surface area contributed by atoms with Crippen LogP contribution in [0.3, 0.4) is 0 Å². The number of halogens is 2. The minimum absolute atomic E-state index is 0.242. The van der Waals surface area contributed by atoms with Crippen molar-refractivity contribution in [2.24, 2.45) is 0 Å². The molecule has 0 fully saturated rings. The van der Waals surface area contributed by atoms with E-state index in [2.05, 4.69) is 20.4 Å². The second kappa shape index (κ2) is 7.53. The number of aromatic amines is 1. The first-order chi connectivity index (χ1) is 15.3. The fourth-order valence-electron chi connectivity index (χ4n) is 4.36. The highest BCUT2D eigenvalue weighted by Crippen LogP contribution is 2.41. The van der Waals surface area contributed by atoms with Gasteiger partial charge < -0.3 is 5.32 Å². The van der Waals surface area contributed by atoms with Gasteiger partial charge in [-0.25, -0.2) is 8.78 Å². The quantitative estimate of drug-likeness (QED) is 0.457. The van der Waals surface area contributed by atoms with Crippen LogP contribution in [0.25, 0.3) is 10.8 Å². The van der Waals surface area contributed by atoms with E-state index in [1.807, 2.05) is 50.2 Å². The molecule has 32 heavy (non-hydrogen) atoms. The molecule has 1 aliphatic rings. The summed E-state index contributed by atoms with van der Waals surface area (Å²) in [5.41, 5.74) is 2.40. The Morgan fingerprint density at radius 2 is 1.78 bits per heavy atom. The maximum Gasteiger partial charge on any atom is 0.256 e. The number of H-pyrrole nitrogens is 1. The molecule has 1 amide bonds. The van der Waals surface area contributed by atoms with Gasteiger partial charge in [-0.15, -0.1) is 0 Å². The van der Waals surface area contributed by atoms with Crippen molar-refractivity contribution in [2.75, 3.05) is 5.32 Å². The number of nitrogens with zero attached hydrogens (tertiary/aromatic N) is 2. The van der Waals surface area contributed by atoms with Crippen molar-refractivity contribution in [3.63, 3.8) is 0 Å². The van der Waals surface area contributed by atoms with Gasteiger partial charge in [0.2, 0.25) is 0 Å². The molecule has 7 heteroatoms. The lowest BCUT2D eigenvalue weighted by molar-refractivity contribution is 0.102. The number of fused-ring (bicyclic) bond motifs is 2. The van der Waals surface area contributed by atoms with Crippen LogP contribution >= 0.6 is 0 Å². The number of carbonyl (C=O) groups excluding carboxylic acids is 1. The van der Waals surface area contributed by atoms with Crippen molar-refractivity contribution < 1.29 is 13.6 Å². The van der Waals surface area contributed by atoms with Crippen LogP contribution in [0.5, 0.6) is 0 Å². The maximum atomic E-state index is 13.6. The minimum Gasteiger partial charge on any atom is -0.305 e. The lowest BCUT2D eigenvalue weighted by Crippen LogP contribution is -2.35. The summed E-state index contributed by atoms with van der Waals surface area (Å²) in [5.74, 6) is -0.964. The number of anilines is 1. The molecule has 5 rings (SSSR count). The Bertz CT molecular complexity index is 1320. The molecule has 0 atom stereocenters. The third-order valence-corrected chi connectivity index (χ3v) is 6.16. The molecule has 1 aromatic heterocycles. The second-order valence-electron chi connectivity index (χ2n) is 8.63. The Labute approximate surface area is 184 Å². The van der Waals surface area contributed by atoms with Gasteiger partial charge in [0, 0.05) is 30.3 Å². The lowest BCUT2D eigenvalue weighted by Gasteiger charge is -2.31. The van der Waals surface area contributed by atoms with E-state index in [0.29, 0.717) is 30.0 Å². The van der Waals surface area contributed by atoms with Crippen LogP contribution in [0.15, 0.2) is 60.7 Å². The molecule has 5 nitrogen and oxygen atoms in total. The molecule has 2 heterocycles. The number of amides is 1. The predicted molar refractivity (Wildman–Crippen MR) is 119 cm³/mol. The van der Waals surface area contributed by atoms with Crippen molar-refractivity contribution in [3.05, 3.63) is 94.7 Å². The van der Waals surface area contributed by atoms with Gasteiger partial charge in [-0.3, -0.25) is 14.8 Å². The third kappa shape index (κ3) is 3.54. The zero-order valence-electron chi connectivity index (χ0n) is 17.7. The normalized spacial score (nSPS) is 15.1. The van der Waals surface area contributed by atoms with Gasteiger partial charge in [-0.2, -0.15) is 5.10 Å². The second-order valence-corrected chi connectivity index (χ2v) is 8.63. The van der Waals surface area contributed by atoms with Crippen LogP contribution in [0.1, 0.15) is 41.0 Å². The average Bonchev–Trinajstić information content (AvgIpc) is 3.25. The Hall–Kier alpha value is -3.58. The van der Waals surface area contributed by atoms with E-state index in [-0.39, 0.29) is 5.91 Å². The van der Waals surface area contributed by atoms with E-state index in [1.54, 1.807) is 6.07 Å². The molecule has 162 valence electrons. The number of nitrogens with one attached hydrogen (secondary N) is 2. The smallest absolute Gasteiger partial charge is 0.256 e. The Kier molecular flexibility index (Phi) is 4.78. The van der Waals surface area contributed by atoms with Gasteiger partial charge in [0.25, 0.3) is 5.91 Å². The molecule has 4 aromatic rings. The Morgan fingerprint density at radius 1 is 1.06 bits per heavy atom. The molecular weight excluding hydrogens is 410 g/mol. The van der Waals surface area contributed by atoms with Crippen molar-refractivity contribution in [1.82, 2.24) is 15.1 Å². The fourth-order valence-corrected chi connectivity index (χ4v) is 4.36. The highest BCUT2D eigenvalue weighted by atomic mass is 19.1. The summed E-state index contributed by atoms with van der Waals surface area (Å²) < 4.78 is 27.3. The van der Waals surface area contributed by atoms with Crippen LogP contribution in [0.2, 0.25) is 0 Å². The van der Waals surface area contributed by atoms with E-state index < -0.39 is 17.2 Å². The summed E-state index contributed by atoms with van der Waals surface area (Å²) >= 11 is 0. The van der Waals surface area contributed by atoms with Crippen LogP contribution in [0.4, 0.5) is 14.6 Å². The van der Waals surface area contributed by atoms with E-state index >= 15 is 0 Å². The molecule has 0 spiro atoms. The summed E-state index contributed by atoms with van der Waals surface area (Å²) in [4.78, 5) is 15.0. The maximum absolute atomic E-state index is 13.6. The van der Waals surface area contributed by atoms with Gasteiger partial charge in [0.1, 0.15) is 11.6 Å². The lowest BCUT2D eigenvalue weighted by atomic mass is 10.00. The first-order valence-electron chi connectivity index (χ1n) is 10.4. The number of aromatic nitrogens is 2. The first kappa shape index (κ1) is 20.3. The number of benzene rings is 3. The standard InChI is InChI=1S/C25H22F2N4O/c1-25(2)22-21(14-31(25)13-15-9-19(26)12-20(27)10-15)23(30-29-22)28-24(32)18-8-7-16-5-3-4-6-17(16)11-18/h3-12H,13-14H2,1-2H3,(H2,28,29,30,32). The molecule has 0 radical (unpaired) electrons. The van der Waals surface area contributed by atoms with Gasteiger partial charge in [-0.05, 0) is 54.4 Å². The highest BCUT2D eigenvalue weighted by molar-refractivity contribution is 6.06. The van der Waals surface area contributed by atoms with Gasteiger partial charge >= 0.3 is 0 Å². The summed E-state index contributed by atoms with van der Waals surface area (Å²) in [6.07, 6.45) is 0. The minimum atomic E-state index is -0.597. The number of hydrogen-bond acceptors (Lipinski definition) is 3. The van der Waals surface area contributed by atoms with Crippen molar-refractivity contribution >= 4 is 22.5 Å². The Balaban J connectivity index is 1.38. The zero-order valence-corrected chi connectivity index (χ0v) is 17.7. The third-order valence-electron chi connectivity index (χ3n) is 6.16. The molecule has 0 bridgehead atoms. The number of hydrogen-bond donors (Lipinski definition) is 2. The van der Waals surface area contributed by atoms with Crippen molar-refractivity contribution in [1.29, 1.82) is 0 Å². The largest absolute Gasteiger partial charge is 0.305 e. The summed E-state index contributed by atoms with van der Waals surface area (Å²) in [5, 5.41) is 12.3. The van der Waals surface area contributed by atoms with Gasteiger partial charge in [-0.1, -0.05) is 30.3 Å². The first-order valence-corrected chi connectivity index (χ1v) is 10.4. The predicted octanol–water partition coefficient (Wildman–Crippen LogP) is 5.34. The number of carbonyl (C=O) groups is 1. The molecular formula is C25H22F2N4O. The SMILES string of the molecule is CC1(C)c2[nH]nc(NC(=O)c3ccc4ccccc4c3)c2CN1Cc1cc(F)cc(F)c1. The van der Waals surface area contributed by atoms with E-state index in [0.717, 1.165) is 28.1 Å². The topological polar surface area (TPSA) is 61.0 Å². The van der Waals surface area contributed by atoms with Crippen molar-refractivity contribution in [3.8, 4) is 0 Å². The summed E-state index contributed by atoms with van der Waals surface area (Å²) in [6.45, 7) is 4.88. The van der Waals surface area contributed by atoms with E-state index in [1.165, 1.54) is 12.1 Å². The summed E-state index contributed by atoms with van der Waals surface area (Å²) in [6, 6.07) is 17.0. The molecule has 0 saturated carbocycles. The Morgan fingerprint density at radius 3 is 2.53 bits per heavy atom. The number of rotatable bonds is 4. The van der Waals surface area contributed by atoms with Crippen LogP contribution in [-0.4, -0.2) is 21.0 Å². The fraction of sp³-hybridized carbons (Fsp3) is 0.200. The van der Waals surface area contributed by atoms with Crippen LogP contribution < -0.4 is 5.32 Å². The van der Waals surface area contributed by atoms with E-state index in [9.17, 15) is 13.6 Å². The molecule has 0 saturated heterocycles. The van der Waals surface area contributed by atoms with Crippen LogP contribution in [-0.2, 0) is 18.6 Å². The zero-order chi connectivity index (χ0) is 22.5.